The van der Waals surface area contributed by atoms with E-state index in [0.717, 1.165) is 44.0 Å². The van der Waals surface area contributed by atoms with E-state index in [2.05, 4.69) is 19.9 Å². The molecule has 0 aromatic carbocycles. The Morgan fingerprint density at radius 2 is 1.91 bits per heavy atom. The molecule has 2 amide bonds. The van der Waals surface area contributed by atoms with Crippen molar-refractivity contribution in [3.63, 3.8) is 0 Å². The minimum absolute atomic E-state index is 0.00228. The fourth-order valence-corrected chi connectivity index (χ4v) is 3.10. The molecule has 3 rings (SSSR count). The summed E-state index contributed by atoms with van der Waals surface area (Å²) in [7, 11) is 3.95. The van der Waals surface area contributed by atoms with Crippen molar-refractivity contribution in [1.82, 2.24) is 29.3 Å². The van der Waals surface area contributed by atoms with Gasteiger partial charge in [-0.25, -0.2) is 14.8 Å². The minimum atomic E-state index is -0.00228. The van der Waals surface area contributed by atoms with Crippen LogP contribution in [-0.2, 0) is 27.1 Å². The van der Waals surface area contributed by atoms with Gasteiger partial charge in [0.2, 0.25) is 0 Å². The number of rotatable bonds is 4. The van der Waals surface area contributed by atoms with E-state index in [1.54, 1.807) is 6.20 Å². The van der Waals surface area contributed by atoms with Crippen LogP contribution in [0.25, 0.3) is 0 Å². The van der Waals surface area contributed by atoms with E-state index in [1.165, 1.54) is 0 Å². The van der Waals surface area contributed by atoms with Crippen LogP contribution in [0.2, 0.25) is 0 Å². The summed E-state index contributed by atoms with van der Waals surface area (Å²) in [6.07, 6.45) is 10.5. The molecular weight excluding hydrogens is 292 g/mol. The summed E-state index contributed by atoms with van der Waals surface area (Å²) < 4.78 is 3.97. The Bertz CT molecular complexity index is 661. The van der Waals surface area contributed by atoms with E-state index in [-0.39, 0.29) is 6.03 Å². The van der Waals surface area contributed by atoms with Crippen molar-refractivity contribution < 1.29 is 4.79 Å². The third-order valence-electron chi connectivity index (χ3n) is 4.52. The first-order valence-corrected chi connectivity index (χ1v) is 8.08. The molecule has 23 heavy (non-hydrogen) atoms. The third kappa shape index (κ3) is 3.72. The Hall–Kier alpha value is -2.31. The Labute approximate surface area is 136 Å². The van der Waals surface area contributed by atoms with Gasteiger partial charge in [-0.1, -0.05) is 0 Å². The molecule has 0 spiro atoms. The molecule has 124 valence electrons. The first-order chi connectivity index (χ1) is 11.1. The van der Waals surface area contributed by atoms with Crippen LogP contribution in [-0.4, -0.2) is 43.1 Å². The zero-order chi connectivity index (χ0) is 16.2. The van der Waals surface area contributed by atoms with E-state index >= 15 is 0 Å². The van der Waals surface area contributed by atoms with Crippen molar-refractivity contribution >= 4 is 6.03 Å². The van der Waals surface area contributed by atoms with Gasteiger partial charge >= 0.3 is 6.03 Å². The van der Waals surface area contributed by atoms with Crippen molar-refractivity contribution in [3.8, 4) is 0 Å². The predicted molar refractivity (Wildman–Crippen MR) is 86.7 cm³/mol. The highest BCUT2D eigenvalue weighted by atomic mass is 16.2. The number of nitrogens with one attached hydrogen (secondary N) is 1. The number of nitrogens with zero attached hydrogens (tertiary/aromatic N) is 5. The number of carbonyl (C=O) groups excluding carboxylic acids is 1. The van der Waals surface area contributed by atoms with Gasteiger partial charge in [0.05, 0.1) is 6.54 Å². The highest BCUT2D eigenvalue weighted by Gasteiger charge is 2.24. The first kappa shape index (κ1) is 15.6. The molecule has 2 aromatic heterocycles. The smallest absolute Gasteiger partial charge is 0.317 e. The van der Waals surface area contributed by atoms with Crippen molar-refractivity contribution in [2.75, 3.05) is 13.1 Å². The Morgan fingerprint density at radius 3 is 2.57 bits per heavy atom. The molecule has 3 heterocycles. The van der Waals surface area contributed by atoms with Crippen molar-refractivity contribution in [3.05, 3.63) is 36.4 Å². The number of piperidine rings is 1. The molecule has 0 aliphatic carbocycles. The van der Waals surface area contributed by atoms with E-state index in [0.29, 0.717) is 12.5 Å². The van der Waals surface area contributed by atoms with E-state index in [1.807, 2.05) is 42.2 Å². The summed E-state index contributed by atoms with van der Waals surface area (Å²) in [6, 6.07) is -0.00228. The van der Waals surface area contributed by atoms with Crippen LogP contribution in [0.4, 0.5) is 4.79 Å². The van der Waals surface area contributed by atoms with Gasteiger partial charge in [0, 0.05) is 58.4 Å². The first-order valence-electron chi connectivity index (χ1n) is 8.08. The molecule has 7 nitrogen and oxygen atoms in total. The topological polar surface area (TPSA) is 68.0 Å². The van der Waals surface area contributed by atoms with Crippen LogP contribution in [0, 0.1) is 5.92 Å². The minimum Gasteiger partial charge on any atom is -0.338 e. The summed E-state index contributed by atoms with van der Waals surface area (Å²) in [6.45, 7) is 2.07. The lowest BCUT2D eigenvalue weighted by molar-refractivity contribution is 0.163. The van der Waals surface area contributed by atoms with Gasteiger partial charge < -0.3 is 19.4 Å². The molecule has 1 saturated heterocycles. The quantitative estimate of drug-likeness (QED) is 0.925. The monoisotopic (exact) mass is 316 g/mol. The van der Waals surface area contributed by atoms with Crippen LogP contribution in [0.15, 0.2) is 24.8 Å². The maximum atomic E-state index is 12.4. The molecule has 1 fully saturated rings. The fourth-order valence-electron chi connectivity index (χ4n) is 3.10. The second-order valence-corrected chi connectivity index (χ2v) is 6.23. The van der Waals surface area contributed by atoms with Crippen LogP contribution in [0.3, 0.4) is 0 Å². The molecule has 0 bridgehead atoms. The average molecular weight is 316 g/mol. The molecule has 0 radical (unpaired) electrons. The van der Waals surface area contributed by atoms with Gasteiger partial charge in [0.25, 0.3) is 0 Å². The summed E-state index contributed by atoms with van der Waals surface area (Å²) in [5, 5.41) is 2.97. The molecule has 1 aliphatic rings. The van der Waals surface area contributed by atoms with Crippen LogP contribution < -0.4 is 5.32 Å². The standard InChI is InChI=1S/C16H24N6O/c1-20-8-5-17-14(20)10-13-4-3-7-22(12-13)16(23)19-11-15-18-6-9-21(15)2/h5-6,8-9,13H,3-4,7,10-12H2,1-2H3,(H,19,23)/t13-/m1/s1. The number of imidazole rings is 2. The van der Waals surface area contributed by atoms with Crippen molar-refractivity contribution in [1.29, 1.82) is 0 Å². The molecule has 0 unspecified atom stereocenters. The second kappa shape index (κ2) is 6.85. The van der Waals surface area contributed by atoms with Crippen LogP contribution in [0.5, 0.6) is 0 Å². The predicted octanol–water partition coefficient (Wildman–Crippen LogP) is 1.32. The third-order valence-corrected chi connectivity index (χ3v) is 4.52. The number of hydrogen-bond donors (Lipinski definition) is 1. The molecule has 2 aromatic rings. The number of carbonyl (C=O) groups is 1. The fraction of sp³-hybridized carbons (Fsp3) is 0.562. The highest BCUT2D eigenvalue weighted by molar-refractivity contribution is 5.74. The summed E-state index contributed by atoms with van der Waals surface area (Å²) in [4.78, 5) is 22.9. The van der Waals surface area contributed by atoms with E-state index in [4.69, 9.17) is 0 Å². The van der Waals surface area contributed by atoms with Gasteiger partial charge in [0.15, 0.2) is 0 Å². The van der Waals surface area contributed by atoms with Gasteiger partial charge in [-0.2, -0.15) is 0 Å². The molecule has 7 heteroatoms. The van der Waals surface area contributed by atoms with Gasteiger partial charge in [0.1, 0.15) is 11.6 Å². The Morgan fingerprint density at radius 1 is 1.22 bits per heavy atom. The van der Waals surface area contributed by atoms with Crippen LogP contribution in [0.1, 0.15) is 24.5 Å². The summed E-state index contributed by atoms with van der Waals surface area (Å²) in [5.41, 5.74) is 0. The second-order valence-electron chi connectivity index (χ2n) is 6.23. The zero-order valence-corrected chi connectivity index (χ0v) is 13.8. The van der Waals surface area contributed by atoms with Gasteiger partial charge in [-0.15, -0.1) is 0 Å². The van der Waals surface area contributed by atoms with E-state index < -0.39 is 0 Å². The van der Waals surface area contributed by atoms with Crippen molar-refractivity contribution in [2.45, 2.75) is 25.8 Å². The number of aromatic nitrogens is 4. The average Bonchev–Trinajstić information content (AvgIpc) is 3.14. The number of likely N-dealkylation sites (tertiary alicyclic amines) is 1. The lowest BCUT2D eigenvalue weighted by Gasteiger charge is -2.32. The number of aryl methyl sites for hydroxylation is 2. The number of urea groups is 1. The normalized spacial score (nSPS) is 18.2. The van der Waals surface area contributed by atoms with Crippen molar-refractivity contribution in [2.24, 2.45) is 20.0 Å². The summed E-state index contributed by atoms with van der Waals surface area (Å²) in [5.74, 6) is 2.42. The largest absolute Gasteiger partial charge is 0.338 e. The lowest BCUT2D eigenvalue weighted by Crippen LogP contribution is -2.46. The van der Waals surface area contributed by atoms with Gasteiger partial charge in [-0.3, -0.25) is 0 Å². The Kier molecular flexibility index (Phi) is 4.64. The maximum Gasteiger partial charge on any atom is 0.317 e. The molecule has 0 saturated carbocycles. The van der Waals surface area contributed by atoms with Gasteiger partial charge in [-0.05, 0) is 18.8 Å². The van der Waals surface area contributed by atoms with E-state index in [9.17, 15) is 4.79 Å². The molecule has 1 atom stereocenters. The maximum absolute atomic E-state index is 12.4. The SMILES string of the molecule is Cn1ccnc1CNC(=O)N1CCC[C@H](Cc2nccn2C)C1. The number of amides is 2. The summed E-state index contributed by atoms with van der Waals surface area (Å²) >= 11 is 0. The molecular formula is C16H24N6O. The Balaban J connectivity index is 1.52. The highest BCUT2D eigenvalue weighted by Crippen LogP contribution is 2.20. The molecule has 1 aliphatic heterocycles. The lowest BCUT2D eigenvalue weighted by atomic mass is 9.94. The molecule has 1 N–H and O–H groups in total. The number of hydrogen-bond acceptors (Lipinski definition) is 3. The van der Waals surface area contributed by atoms with Crippen LogP contribution >= 0.6 is 0 Å². The zero-order valence-electron chi connectivity index (χ0n) is 13.8.